The third kappa shape index (κ3) is 3.72. The van der Waals surface area contributed by atoms with Gasteiger partial charge >= 0.3 is 0 Å². The number of hydrogen-bond acceptors (Lipinski definition) is 3. The molecule has 0 fully saturated rings. The maximum Gasteiger partial charge on any atom is 0.200 e. The van der Waals surface area contributed by atoms with Crippen molar-refractivity contribution in [1.29, 1.82) is 0 Å². The Morgan fingerprint density at radius 2 is 1.21 bits per heavy atom. The minimum atomic E-state index is -0.206. The summed E-state index contributed by atoms with van der Waals surface area (Å²) in [5.74, 6) is 0. The van der Waals surface area contributed by atoms with Crippen molar-refractivity contribution in [2.24, 2.45) is 0 Å². The molecule has 4 heteroatoms. The van der Waals surface area contributed by atoms with Crippen molar-refractivity contribution in [3.05, 3.63) is 112 Å². The van der Waals surface area contributed by atoms with Crippen molar-refractivity contribution < 1.29 is 8.83 Å². The summed E-state index contributed by atoms with van der Waals surface area (Å²) < 4.78 is 15.3. The normalized spacial score (nSPS) is 13.0. The van der Waals surface area contributed by atoms with Gasteiger partial charge in [-0.1, -0.05) is 90.1 Å². The Labute approximate surface area is 249 Å². The fraction of sp³-hybridized carbons (Fsp3) is 0.205. The van der Waals surface area contributed by atoms with E-state index in [4.69, 9.17) is 8.83 Å². The summed E-state index contributed by atoms with van der Waals surface area (Å²) in [4.78, 5) is 14.2. The zero-order valence-electron chi connectivity index (χ0n) is 25.3. The van der Waals surface area contributed by atoms with E-state index >= 15 is 0 Å². The Kier molecular flexibility index (Phi) is 5.17. The predicted octanol–water partition coefficient (Wildman–Crippen LogP) is 10.5. The smallest absolute Gasteiger partial charge is 0.200 e. The lowest BCUT2D eigenvalue weighted by Gasteiger charge is -2.25. The lowest BCUT2D eigenvalue weighted by molar-refractivity contribution is 0.562. The second-order valence-corrected chi connectivity index (χ2v) is 13.8. The molecule has 3 heterocycles. The maximum absolute atomic E-state index is 14.2. The third-order valence-corrected chi connectivity index (χ3v) is 8.85. The van der Waals surface area contributed by atoms with Gasteiger partial charge < -0.3 is 13.4 Å². The van der Waals surface area contributed by atoms with E-state index in [0.29, 0.717) is 21.9 Å². The van der Waals surface area contributed by atoms with E-state index in [9.17, 15) is 4.79 Å². The van der Waals surface area contributed by atoms with Gasteiger partial charge in [0.25, 0.3) is 0 Å². The first-order chi connectivity index (χ1) is 20.5. The molecule has 0 atom stereocenters. The highest BCUT2D eigenvalue weighted by atomic mass is 16.3. The molecule has 0 saturated carbocycles. The van der Waals surface area contributed by atoms with Crippen LogP contribution >= 0.6 is 0 Å². The number of rotatable bonds is 1. The number of aromatic nitrogens is 1. The number of nitrogens with zero attached hydrogens (tertiary/aromatic N) is 1. The zero-order chi connectivity index (χ0) is 29.8. The van der Waals surface area contributed by atoms with Crippen LogP contribution < -0.4 is 5.43 Å². The molecule has 8 aromatic rings. The first-order valence-electron chi connectivity index (χ1n) is 14.9. The molecule has 43 heavy (non-hydrogen) atoms. The van der Waals surface area contributed by atoms with E-state index in [2.05, 4.69) is 101 Å². The van der Waals surface area contributed by atoms with Crippen LogP contribution in [0.1, 0.15) is 52.7 Å². The quantitative estimate of drug-likeness (QED) is 0.187. The average molecular weight is 564 g/mol. The van der Waals surface area contributed by atoms with E-state index < -0.39 is 0 Å². The molecule has 0 amide bonds. The summed E-state index contributed by atoms with van der Waals surface area (Å²) in [7, 11) is 0. The van der Waals surface area contributed by atoms with Crippen LogP contribution in [0.4, 0.5) is 0 Å². The Morgan fingerprint density at radius 3 is 1.98 bits per heavy atom. The lowest BCUT2D eigenvalue weighted by Crippen LogP contribution is -2.19. The summed E-state index contributed by atoms with van der Waals surface area (Å²) >= 11 is 0. The van der Waals surface area contributed by atoms with Crippen LogP contribution in [-0.4, -0.2) is 4.57 Å². The molecule has 5 aromatic carbocycles. The zero-order valence-corrected chi connectivity index (χ0v) is 25.3. The largest absolute Gasteiger partial charge is 0.456 e. The van der Waals surface area contributed by atoms with Crippen molar-refractivity contribution in [1.82, 2.24) is 4.57 Å². The second-order valence-electron chi connectivity index (χ2n) is 13.8. The molecule has 212 valence electrons. The molecule has 0 saturated heterocycles. The van der Waals surface area contributed by atoms with Gasteiger partial charge in [-0.2, -0.15) is 0 Å². The second kappa shape index (κ2) is 8.61. The summed E-state index contributed by atoms with van der Waals surface area (Å²) in [6.45, 7) is 12.9. The highest BCUT2D eigenvalue weighted by molar-refractivity contribution is 6.17. The minimum Gasteiger partial charge on any atom is -0.456 e. The first-order valence-corrected chi connectivity index (χ1v) is 14.9. The van der Waals surface area contributed by atoms with Gasteiger partial charge in [-0.05, 0) is 46.7 Å². The van der Waals surface area contributed by atoms with E-state index in [1.807, 2.05) is 36.4 Å². The Balaban J connectivity index is 1.46. The average Bonchev–Trinajstić information content (AvgIpc) is 3.49. The van der Waals surface area contributed by atoms with Gasteiger partial charge in [0.1, 0.15) is 22.3 Å². The van der Waals surface area contributed by atoms with Gasteiger partial charge in [-0.25, -0.2) is 0 Å². The SMILES string of the molecule is CC(C)(C)c1ccc(C(C)(C)C)c2c(=O)c3ccc(-n4c5ccccc5c5cc6c(cc54)oc4ccccc46)cc3oc12. The van der Waals surface area contributed by atoms with Crippen molar-refractivity contribution in [3.63, 3.8) is 0 Å². The molecule has 0 spiro atoms. The van der Waals surface area contributed by atoms with Crippen LogP contribution in [-0.2, 0) is 10.8 Å². The number of fused-ring (bicyclic) bond motifs is 8. The fourth-order valence-corrected chi connectivity index (χ4v) is 6.76. The van der Waals surface area contributed by atoms with Crippen LogP contribution in [0.5, 0.6) is 0 Å². The van der Waals surface area contributed by atoms with Gasteiger partial charge in [0.2, 0.25) is 5.43 Å². The first kappa shape index (κ1) is 25.8. The van der Waals surface area contributed by atoms with Crippen molar-refractivity contribution in [2.45, 2.75) is 52.4 Å². The van der Waals surface area contributed by atoms with Crippen molar-refractivity contribution in [2.75, 3.05) is 0 Å². The molecule has 0 aliphatic rings. The van der Waals surface area contributed by atoms with E-state index in [1.165, 1.54) is 0 Å². The van der Waals surface area contributed by atoms with Crippen LogP contribution in [0.15, 0.2) is 105 Å². The molecule has 8 rings (SSSR count). The standard InChI is InChI=1S/C39H33NO3/c1-38(2,3)28-17-18-29(39(4,5)6)37-35(28)36(41)25-16-15-22(19-33(25)43-37)40-30-13-9-7-11-23(30)26-20-27-24-12-8-10-14-32(24)42-34(27)21-31(26)40/h7-21H,1-6H3. The van der Waals surface area contributed by atoms with Gasteiger partial charge in [-0.3, -0.25) is 4.79 Å². The Hall–Kier alpha value is -4.83. The number of furan rings is 1. The minimum absolute atomic E-state index is 0.0185. The Morgan fingerprint density at radius 1 is 0.535 bits per heavy atom. The van der Waals surface area contributed by atoms with Crippen LogP contribution in [0.2, 0.25) is 0 Å². The highest BCUT2D eigenvalue weighted by Crippen LogP contribution is 2.40. The number of para-hydroxylation sites is 2. The van der Waals surface area contributed by atoms with Crippen LogP contribution in [0.25, 0.3) is 71.4 Å². The molecule has 0 aliphatic heterocycles. The van der Waals surface area contributed by atoms with Crippen LogP contribution in [0, 0.1) is 0 Å². The monoisotopic (exact) mass is 563 g/mol. The van der Waals surface area contributed by atoms with Crippen molar-refractivity contribution in [3.8, 4) is 5.69 Å². The Bertz CT molecular complexity index is 2490. The van der Waals surface area contributed by atoms with Crippen LogP contribution in [0.3, 0.4) is 0 Å². The van der Waals surface area contributed by atoms with Gasteiger partial charge in [-0.15, -0.1) is 0 Å². The molecule has 3 aromatic heterocycles. The molecule has 4 nitrogen and oxygen atoms in total. The summed E-state index contributed by atoms with van der Waals surface area (Å²) in [5.41, 5.74) is 7.71. The van der Waals surface area contributed by atoms with E-state index in [1.54, 1.807) is 0 Å². The molecule has 0 aliphatic carbocycles. The highest BCUT2D eigenvalue weighted by Gasteiger charge is 2.27. The van der Waals surface area contributed by atoms with Gasteiger partial charge in [0.05, 0.1) is 21.8 Å². The maximum atomic E-state index is 14.2. The number of benzene rings is 5. The topological polar surface area (TPSA) is 48.3 Å². The van der Waals surface area contributed by atoms with Crippen molar-refractivity contribution >= 4 is 65.7 Å². The van der Waals surface area contributed by atoms with E-state index in [-0.39, 0.29) is 16.3 Å². The lowest BCUT2D eigenvalue weighted by atomic mass is 9.79. The number of hydrogen-bond donors (Lipinski definition) is 0. The summed E-state index contributed by atoms with van der Waals surface area (Å²) in [6.07, 6.45) is 0. The van der Waals surface area contributed by atoms with E-state index in [0.717, 1.165) is 60.6 Å². The van der Waals surface area contributed by atoms with Gasteiger partial charge in [0.15, 0.2) is 0 Å². The summed E-state index contributed by atoms with van der Waals surface area (Å²) in [6, 6.07) is 31.2. The fourth-order valence-electron chi connectivity index (χ4n) is 6.76. The third-order valence-electron chi connectivity index (χ3n) is 8.85. The summed E-state index contributed by atoms with van der Waals surface area (Å²) in [5, 5.41) is 5.80. The molecule has 0 unspecified atom stereocenters. The molecule has 0 N–H and O–H groups in total. The molecule has 0 radical (unpaired) electrons. The predicted molar refractivity (Wildman–Crippen MR) is 179 cm³/mol. The molecule has 0 bridgehead atoms. The van der Waals surface area contributed by atoms with Gasteiger partial charge in [0, 0.05) is 44.9 Å². The molecular weight excluding hydrogens is 530 g/mol. The molecular formula is C39H33NO3.